The lowest BCUT2D eigenvalue weighted by Gasteiger charge is -2.09. The van der Waals surface area contributed by atoms with E-state index < -0.39 is 0 Å². The Morgan fingerprint density at radius 3 is 3.29 bits per heavy atom. The number of aromatic nitrogens is 2. The fourth-order valence-electron chi connectivity index (χ4n) is 1.70. The summed E-state index contributed by atoms with van der Waals surface area (Å²) in [6.45, 7) is 2.09. The zero-order valence-corrected chi connectivity index (χ0v) is 9.39. The molecule has 1 unspecified atom stereocenters. The predicted octanol–water partition coefficient (Wildman–Crippen LogP) is 1.26. The SMILES string of the molecule is Cn1cncc1CNCC1CCSC1. The van der Waals surface area contributed by atoms with Gasteiger partial charge in [-0.1, -0.05) is 0 Å². The summed E-state index contributed by atoms with van der Waals surface area (Å²) in [5.41, 5.74) is 1.26. The van der Waals surface area contributed by atoms with Gasteiger partial charge in [0.05, 0.1) is 12.0 Å². The lowest BCUT2D eigenvalue weighted by atomic mass is 10.1. The van der Waals surface area contributed by atoms with E-state index in [0.717, 1.165) is 19.0 Å². The summed E-state index contributed by atoms with van der Waals surface area (Å²) in [6.07, 6.45) is 5.15. The summed E-state index contributed by atoms with van der Waals surface area (Å²) >= 11 is 2.08. The molecule has 1 aliphatic rings. The molecule has 78 valence electrons. The van der Waals surface area contributed by atoms with Gasteiger partial charge >= 0.3 is 0 Å². The molecule has 0 aliphatic carbocycles. The van der Waals surface area contributed by atoms with Crippen molar-refractivity contribution in [1.29, 1.82) is 0 Å². The Bertz CT molecular complexity index is 279. The van der Waals surface area contributed by atoms with Crippen molar-refractivity contribution in [3.63, 3.8) is 0 Å². The third-order valence-corrected chi connectivity index (χ3v) is 3.91. The summed E-state index contributed by atoms with van der Waals surface area (Å²) in [6, 6.07) is 0. The molecule has 1 N–H and O–H groups in total. The van der Waals surface area contributed by atoms with Gasteiger partial charge in [0.1, 0.15) is 0 Å². The summed E-state index contributed by atoms with van der Waals surface area (Å²) in [5, 5.41) is 3.50. The van der Waals surface area contributed by atoms with Gasteiger partial charge in [0.15, 0.2) is 0 Å². The Morgan fingerprint density at radius 2 is 2.64 bits per heavy atom. The van der Waals surface area contributed by atoms with Crippen LogP contribution in [0.15, 0.2) is 12.5 Å². The van der Waals surface area contributed by atoms with E-state index in [1.165, 1.54) is 23.6 Å². The van der Waals surface area contributed by atoms with Crippen LogP contribution in [0.25, 0.3) is 0 Å². The summed E-state index contributed by atoms with van der Waals surface area (Å²) < 4.78 is 2.07. The Hall–Kier alpha value is -0.480. The normalized spacial score (nSPS) is 21.6. The lowest BCUT2D eigenvalue weighted by Crippen LogP contribution is -2.23. The largest absolute Gasteiger partial charge is 0.337 e. The third kappa shape index (κ3) is 2.51. The lowest BCUT2D eigenvalue weighted by molar-refractivity contribution is 0.516. The van der Waals surface area contributed by atoms with E-state index in [2.05, 4.69) is 26.6 Å². The first-order valence-electron chi connectivity index (χ1n) is 5.10. The van der Waals surface area contributed by atoms with Gasteiger partial charge in [0, 0.05) is 19.8 Å². The van der Waals surface area contributed by atoms with Gasteiger partial charge in [-0.3, -0.25) is 0 Å². The van der Waals surface area contributed by atoms with E-state index in [1.54, 1.807) is 0 Å². The molecule has 14 heavy (non-hydrogen) atoms. The van der Waals surface area contributed by atoms with Crippen molar-refractivity contribution in [2.75, 3.05) is 18.1 Å². The minimum atomic E-state index is 0.883. The van der Waals surface area contributed by atoms with Gasteiger partial charge < -0.3 is 9.88 Å². The number of rotatable bonds is 4. The van der Waals surface area contributed by atoms with Gasteiger partial charge in [0.25, 0.3) is 0 Å². The molecule has 0 aromatic carbocycles. The smallest absolute Gasteiger partial charge is 0.0945 e. The number of hydrogen-bond donors (Lipinski definition) is 1. The molecule has 1 aliphatic heterocycles. The molecule has 1 aromatic heterocycles. The first kappa shape index (κ1) is 10.1. The van der Waals surface area contributed by atoms with Crippen LogP contribution in [-0.2, 0) is 13.6 Å². The second-order valence-corrected chi connectivity index (χ2v) is 5.01. The van der Waals surface area contributed by atoms with E-state index in [0.29, 0.717) is 0 Å². The van der Waals surface area contributed by atoms with E-state index in [-0.39, 0.29) is 0 Å². The molecule has 4 heteroatoms. The highest BCUT2D eigenvalue weighted by Crippen LogP contribution is 2.22. The van der Waals surface area contributed by atoms with Crippen LogP contribution in [0, 0.1) is 5.92 Å². The molecule has 3 nitrogen and oxygen atoms in total. The fourth-order valence-corrected chi connectivity index (χ4v) is 2.99. The Morgan fingerprint density at radius 1 is 1.71 bits per heavy atom. The average Bonchev–Trinajstić information content (AvgIpc) is 2.78. The summed E-state index contributed by atoms with van der Waals surface area (Å²) in [5.74, 6) is 3.56. The van der Waals surface area contributed by atoms with Gasteiger partial charge in [-0.05, 0) is 30.4 Å². The van der Waals surface area contributed by atoms with E-state index >= 15 is 0 Å². The molecule has 1 atom stereocenters. The number of nitrogens with one attached hydrogen (secondary N) is 1. The van der Waals surface area contributed by atoms with Crippen LogP contribution in [0.2, 0.25) is 0 Å². The molecule has 0 radical (unpaired) electrons. The van der Waals surface area contributed by atoms with E-state index in [4.69, 9.17) is 0 Å². The summed E-state index contributed by atoms with van der Waals surface area (Å²) in [7, 11) is 2.04. The van der Waals surface area contributed by atoms with Crippen molar-refractivity contribution in [2.24, 2.45) is 13.0 Å². The number of nitrogens with zero attached hydrogens (tertiary/aromatic N) is 2. The van der Waals surface area contributed by atoms with Gasteiger partial charge in [-0.15, -0.1) is 0 Å². The quantitative estimate of drug-likeness (QED) is 0.813. The topological polar surface area (TPSA) is 29.9 Å². The highest BCUT2D eigenvalue weighted by molar-refractivity contribution is 7.99. The molecular weight excluding hydrogens is 194 g/mol. The van der Waals surface area contributed by atoms with Crippen LogP contribution in [0.5, 0.6) is 0 Å². The first-order chi connectivity index (χ1) is 6.86. The molecule has 0 spiro atoms. The Labute approximate surface area is 89.3 Å². The van der Waals surface area contributed by atoms with Crippen molar-refractivity contribution in [2.45, 2.75) is 13.0 Å². The van der Waals surface area contributed by atoms with E-state index in [1.807, 2.05) is 19.6 Å². The predicted molar refractivity (Wildman–Crippen MR) is 60.3 cm³/mol. The van der Waals surface area contributed by atoms with Crippen LogP contribution in [0.3, 0.4) is 0 Å². The number of imidazole rings is 1. The van der Waals surface area contributed by atoms with Gasteiger partial charge in [-0.2, -0.15) is 11.8 Å². The summed E-state index contributed by atoms with van der Waals surface area (Å²) in [4.78, 5) is 4.09. The van der Waals surface area contributed by atoms with Crippen LogP contribution in [0.1, 0.15) is 12.1 Å². The maximum Gasteiger partial charge on any atom is 0.0945 e. The molecule has 1 aromatic rings. The number of aryl methyl sites for hydroxylation is 1. The van der Waals surface area contributed by atoms with Crippen LogP contribution >= 0.6 is 11.8 Å². The van der Waals surface area contributed by atoms with Crippen LogP contribution in [-0.4, -0.2) is 27.6 Å². The monoisotopic (exact) mass is 211 g/mol. The number of hydrogen-bond acceptors (Lipinski definition) is 3. The maximum absolute atomic E-state index is 4.09. The molecule has 1 fully saturated rings. The zero-order chi connectivity index (χ0) is 9.80. The Balaban J connectivity index is 1.70. The molecule has 0 bridgehead atoms. The highest BCUT2D eigenvalue weighted by atomic mass is 32.2. The standard InChI is InChI=1S/C10H17N3S/c1-13-8-12-6-10(13)5-11-4-9-2-3-14-7-9/h6,8-9,11H,2-5,7H2,1H3. The highest BCUT2D eigenvalue weighted by Gasteiger charge is 2.14. The first-order valence-corrected chi connectivity index (χ1v) is 6.25. The van der Waals surface area contributed by atoms with Gasteiger partial charge in [-0.25, -0.2) is 4.98 Å². The average molecular weight is 211 g/mol. The van der Waals surface area contributed by atoms with Crippen molar-refractivity contribution in [3.8, 4) is 0 Å². The minimum Gasteiger partial charge on any atom is -0.337 e. The van der Waals surface area contributed by atoms with Crippen molar-refractivity contribution >= 4 is 11.8 Å². The van der Waals surface area contributed by atoms with Gasteiger partial charge in [0.2, 0.25) is 0 Å². The molecule has 2 rings (SSSR count). The maximum atomic E-state index is 4.09. The molecule has 2 heterocycles. The van der Waals surface area contributed by atoms with Crippen molar-refractivity contribution < 1.29 is 0 Å². The van der Waals surface area contributed by atoms with E-state index in [9.17, 15) is 0 Å². The zero-order valence-electron chi connectivity index (χ0n) is 8.57. The number of thioether (sulfide) groups is 1. The van der Waals surface area contributed by atoms with Crippen LogP contribution in [0.4, 0.5) is 0 Å². The second-order valence-electron chi connectivity index (χ2n) is 3.86. The molecular formula is C10H17N3S. The fraction of sp³-hybridized carbons (Fsp3) is 0.700. The minimum absolute atomic E-state index is 0.883. The second kappa shape index (κ2) is 4.84. The van der Waals surface area contributed by atoms with Crippen LogP contribution < -0.4 is 5.32 Å². The third-order valence-electron chi connectivity index (χ3n) is 2.68. The van der Waals surface area contributed by atoms with Crippen molar-refractivity contribution in [3.05, 3.63) is 18.2 Å². The molecule has 0 amide bonds. The van der Waals surface area contributed by atoms with Crippen molar-refractivity contribution in [1.82, 2.24) is 14.9 Å². The molecule has 1 saturated heterocycles. The molecule has 0 saturated carbocycles. The Kier molecular flexibility index (Phi) is 3.48.